The highest BCUT2D eigenvalue weighted by atomic mass is 16.6. The quantitative estimate of drug-likeness (QED) is 0.471. The summed E-state index contributed by atoms with van der Waals surface area (Å²) in [6.45, 7) is 2.02. The Bertz CT molecular complexity index is 602. The van der Waals surface area contributed by atoms with Crippen LogP contribution in [0.3, 0.4) is 0 Å². The van der Waals surface area contributed by atoms with Crippen molar-refractivity contribution in [2.24, 2.45) is 0 Å². The summed E-state index contributed by atoms with van der Waals surface area (Å²) >= 11 is 0. The summed E-state index contributed by atoms with van der Waals surface area (Å²) in [5, 5.41) is 10.7. The first-order valence-electron chi connectivity index (χ1n) is 5.46. The van der Waals surface area contributed by atoms with E-state index in [-0.39, 0.29) is 11.5 Å². The monoisotopic (exact) mass is 244 g/mol. The van der Waals surface area contributed by atoms with E-state index >= 15 is 0 Å². The lowest BCUT2D eigenvalue weighted by Gasteiger charge is -2.02. The van der Waals surface area contributed by atoms with Gasteiger partial charge in [0.2, 0.25) is 0 Å². The first kappa shape index (κ1) is 12.0. The van der Waals surface area contributed by atoms with Crippen LogP contribution in [-0.2, 0) is 6.54 Å². The standard InChI is InChI=1S/C13H12N2O3/c1-10(16)12-5-6-14(9-12)8-11-3-2-4-13(7-11)15(17)18/h2-7,9H,8H2,1H3. The molecular formula is C13H12N2O3. The summed E-state index contributed by atoms with van der Waals surface area (Å²) in [5.41, 5.74) is 1.54. The van der Waals surface area contributed by atoms with Gasteiger partial charge in [-0.2, -0.15) is 0 Å². The van der Waals surface area contributed by atoms with Crippen molar-refractivity contribution in [3.8, 4) is 0 Å². The average molecular weight is 244 g/mol. The summed E-state index contributed by atoms with van der Waals surface area (Å²) in [6, 6.07) is 8.20. The van der Waals surface area contributed by atoms with Gasteiger partial charge >= 0.3 is 0 Å². The van der Waals surface area contributed by atoms with Gasteiger partial charge in [0.1, 0.15) is 0 Å². The maximum absolute atomic E-state index is 11.2. The fraction of sp³-hybridized carbons (Fsp3) is 0.154. The molecule has 0 N–H and O–H groups in total. The van der Waals surface area contributed by atoms with E-state index in [1.165, 1.54) is 19.1 Å². The molecule has 18 heavy (non-hydrogen) atoms. The van der Waals surface area contributed by atoms with Crippen LogP contribution in [0.2, 0.25) is 0 Å². The molecule has 0 spiro atoms. The Morgan fingerprint density at radius 3 is 2.78 bits per heavy atom. The van der Waals surface area contributed by atoms with Gasteiger partial charge in [0, 0.05) is 36.6 Å². The van der Waals surface area contributed by atoms with E-state index in [9.17, 15) is 14.9 Å². The van der Waals surface area contributed by atoms with Crippen LogP contribution in [0.5, 0.6) is 0 Å². The molecule has 0 saturated heterocycles. The Kier molecular flexibility index (Phi) is 3.23. The lowest BCUT2D eigenvalue weighted by atomic mass is 10.2. The molecule has 1 aromatic heterocycles. The fourth-order valence-electron chi connectivity index (χ4n) is 1.73. The lowest BCUT2D eigenvalue weighted by Crippen LogP contribution is -1.98. The minimum atomic E-state index is -0.417. The van der Waals surface area contributed by atoms with Crippen LogP contribution in [0, 0.1) is 10.1 Å². The number of ketones is 1. The fourth-order valence-corrected chi connectivity index (χ4v) is 1.73. The van der Waals surface area contributed by atoms with Crippen LogP contribution in [0.25, 0.3) is 0 Å². The zero-order chi connectivity index (χ0) is 13.1. The molecule has 0 saturated carbocycles. The summed E-state index contributed by atoms with van der Waals surface area (Å²) in [5.74, 6) is 0.00722. The zero-order valence-corrected chi connectivity index (χ0v) is 9.87. The van der Waals surface area contributed by atoms with Gasteiger partial charge in [-0.1, -0.05) is 12.1 Å². The number of benzene rings is 1. The van der Waals surface area contributed by atoms with Gasteiger partial charge in [0.15, 0.2) is 5.78 Å². The summed E-state index contributed by atoms with van der Waals surface area (Å²) < 4.78 is 1.83. The highest BCUT2D eigenvalue weighted by molar-refractivity contribution is 5.93. The van der Waals surface area contributed by atoms with Crippen LogP contribution in [0.4, 0.5) is 5.69 Å². The van der Waals surface area contributed by atoms with Gasteiger partial charge in [-0.25, -0.2) is 0 Å². The SMILES string of the molecule is CC(=O)c1ccn(Cc2cccc([N+](=O)[O-])c2)c1. The third kappa shape index (κ3) is 2.63. The van der Waals surface area contributed by atoms with Crippen LogP contribution in [0.1, 0.15) is 22.8 Å². The molecule has 5 heteroatoms. The number of hydrogen-bond donors (Lipinski definition) is 0. The average Bonchev–Trinajstić information content (AvgIpc) is 2.78. The predicted octanol–water partition coefficient (Wildman–Crippen LogP) is 2.65. The number of non-ortho nitro benzene ring substituents is 1. The second-order valence-corrected chi connectivity index (χ2v) is 4.06. The van der Waals surface area contributed by atoms with Crippen molar-refractivity contribution >= 4 is 11.5 Å². The van der Waals surface area contributed by atoms with Gasteiger partial charge in [0.25, 0.3) is 5.69 Å². The summed E-state index contributed by atoms with van der Waals surface area (Å²) in [6.07, 6.45) is 3.52. The van der Waals surface area contributed by atoms with Crippen LogP contribution in [-0.4, -0.2) is 15.3 Å². The first-order chi connectivity index (χ1) is 8.56. The Morgan fingerprint density at radius 2 is 2.17 bits per heavy atom. The Labute approximate surface area is 104 Å². The molecule has 0 fully saturated rings. The Morgan fingerprint density at radius 1 is 1.39 bits per heavy atom. The van der Waals surface area contributed by atoms with Gasteiger partial charge in [-0.05, 0) is 18.6 Å². The molecule has 1 aromatic carbocycles. The van der Waals surface area contributed by atoms with E-state index in [0.717, 1.165) is 5.56 Å². The van der Waals surface area contributed by atoms with Gasteiger partial charge in [-0.3, -0.25) is 14.9 Å². The number of hydrogen-bond acceptors (Lipinski definition) is 3. The molecular weight excluding hydrogens is 232 g/mol. The molecule has 2 aromatic rings. The number of nitro groups is 1. The molecule has 5 nitrogen and oxygen atoms in total. The number of nitrogens with zero attached hydrogens (tertiary/aromatic N) is 2. The summed E-state index contributed by atoms with van der Waals surface area (Å²) in [7, 11) is 0. The highest BCUT2D eigenvalue weighted by Gasteiger charge is 2.06. The smallest absolute Gasteiger partial charge is 0.269 e. The molecule has 0 radical (unpaired) electrons. The van der Waals surface area contributed by atoms with Crippen molar-refractivity contribution in [3.05, 3.63) is 64.0 Å². The van der Waals surface area contributed by atoms with Gasteiger partial charge in [0.05, 0.1) is 4.92 Å². The van der Waals surface area contributed by atoms with Gasteiger partial charge in [-0.15, -0.1) is 0 Å². The van der Waals surface area contributed by atoms with E-state index in [1.807, 2.05) is 10.6 Å². The topological polar surface area (TPSA) is 65.1 Å². The Balaban J connectivity index is 2.20. The van der Waals surface area contributed by atoms with Gasteiger partial charge < -0.3 is 4.57 Å². The number of nitro benzene ring substituents is 1. The van der Waals surface area contributed by atoms with E-state index < -0.39 is 4.92 Å². The van der Waals surface area contributed by atoms with E-state index in [1.54, 1.807) is 24.5 Å². The van der Waals surface area contributed by atoms with Crippen LogP contribution in [0.15, 0.2) is 42.7 Å². The number of carbonyl (C=O) groups excluding carboxylic acids is 1. The van der Waals surface area contributed by atoms with E-state index in [0.29, 0.717) is 12.1 Å². The predicted molar refractivity (Wildman–Crippen MR) is 66.6 cm³/mol. The zero-order valence-electron chi connectivity index (χ0n) is 9.87. The lowest BCUT2D eigenvalue weighted by molar-refractivity contribution is -0.384. The molecule has 1 heterocycles. The van der Waals surface area contributed by atoms with Crippen molar-refractivity contribution < 1.29 is 9.72 Å². The number of aromatic nitrogens is 1. The largest absolute Gasteiger partial charge is 0.349 e. The normalized spacial score (nSPS) is 10.3. The van der Waals surface area contributed by atoms with Crippen molar-refractivity contribution in [3.63, 3.8) is 0 Å². The Hall–Kier alpha value is -2.43. The van der Waals surface area contributed by atoms with Crippen molar-refractivity contribution in [2.45, 2.75) is 13.5 Å². The van der Waals surface area contributed by atoms with Crippen molar-refractivity contribution in [2.75, 3.05) is 0 Å². The number of rotatable bonds is 4. The maximum atomic E-state index is 11.2. The second kappa shape index (κ2) is 4.83. The van der Waals surface area contributed by atoms with Crippen LogP contribution < -0.4 is 0 Å². The molecule has 0 aliphatic rings. The highest BCUT2D eigenvalue weighted by Crippen LogP contribution is 2.14. The van der Waals surface area contributed by atoms with Crippen LogP contribution >= 0.6 is 0 Å². The molecule has 2 rings (SSSR count). The molecule has 0 bridgehead atoms. The molecule has 0 amide bonds. The summed E-state index contributed by atoms with van der Waals surface area (Å²) in [4.78, 5) is 21.4. The molecule has 0 atom stereocenters. The van der Waals surface area contributed by atoms with Crippen molar-refractivity contribution in [1.29, 1.82) is 0 Å². The number of Topliss-reactive ketones (excluding diaryl/α,β-unsaturated/α-hetero) is 1. The van der Waals surface area contributed by atoms with Crippen molar-refractivity contribution in [1.82, 2.24) is 4.57 Å². The minimum absolute atomic E-state index is 0.00722. The molecule has 0 aliphatic carbocycles. The van der Waals surface area contributed by atoms with E-state index in [2.05, 4.69) is 0 Å². The molecule has 0 unspecified atom stereocenters. The minimum Gasteiger partial charge on any atom is -0.349 e. The third-order valence-electron chi connectivity index (χ3n) is 2.64. The second-order valence-electron chi connectivity index (χ2n) is 4.06. The number of carbonyl (C=O) groups is 1. The maximum Gasteiger partial charge on any atom is 0.269 e. The molecule has 0 aliphatic heterocycles. The molecule has 92 valence electrons. The van der Waals surface area contributed by atoms with E-state index in [4.69, 9.17) is 0 Å². The third-order valence-corrected chi connectivity index (χ3v) is 2.64. The first-order valence-corrected chi connectivity index (χ1v) is 5.46.